The van der Waals surface area contributed by atoms with Crippen LogP contribution in [0.15, 0.2) is 48.5 Å². The third kappa shape index (κ3) is 8.07. The summed E-state index contributed by atoms with van der Waals surface area (Å²) >= 11 is 0. The SMILES string of the molecule is CCON(C(=O)OCc1cccc(CC(OC(C)C)C(=O)O)c1)c1ccc(C(F)(F)F)cc1. The Balaban J connectivity index is 2.07. The van der Waals surface area contributed by atoms with Gasteiger partial charge in [-0.25, -0.2) is 9.59 Å². The van der Waals surface area contributed by atoms with Gasteiger partial charge in [-0.2, -0.15) is 18.2 Å². The van der Waals surface area contributed by atoms with E-state index in [1.807, 2.05) is 0 Å². The van der Waals surface area contributed by atoms with Gasteiger partial charge in [0.1, 0.15) is 6.61 Å². The lowest BCUT2D eigenvalue weighted by Gasteiger charge is -2.21. The van der Waals surface area contributed by atoms with Gasteiger partial charge in [-0.1, -0.05) is 24.3 Å². The van der Waals surface area contributed by atoms with Gasteiger partial charge in [0.15, 0.2) is 6.10 Å². The first-order chi connectivity index (χ1) is 15.5. The number of ether oxygens (including phenoxy) is 2. The van der Waals surface area contributed by atoms with E-state index in [2.05, 4.69) is 0 Å². The minimum atomic E-state index is -4.50. The molecule has 1 atom stereocenters. The number of carboxylic acids is 1. The number of carboxylic acid groups (broad SMARTS) is 1. The van der Waals surface area contributed by atoms with Crippen molar-refractivity contribution in [1.29, 1.82) is 0 Å². The van der Waals surface area contributed by atoms with Crippen molar-refractivity contribution in [2.75, 3.05) is 11.7 Å². The number of rotatable bonds is 10. The van der Waals surface area contributed by atoms with E-state index in [1.165, 1.54) is 0 Å². The van der Waals surface area contributed by atoms with Crippen molar-refractivity contribution in [2.45, 2.75) is 52.2 Å². The zero-order valence-electron chi connectivity index (χ0n) is 18.5. The van der Waals surface area contributed by atoms with Crippen LogP contribution in [0.3, 0.4) is 0 Å². The highest BCUT2D eigenvalue weighted by molar-refractivity contribution is 5.85. The fourth-order valence-electron chi connectivity index (χ4n) is 2.93. The first kappa shape index (κ1) is 26.1. The van der Waals surface area contributed by atoms with Gasteiger partial charge in [0.25, 0.3) is 0 Å². The predicted octanol–water partition coefficient (Wildman–Crippen LogP) is 5.22. The topological polar surface area (TPSA) is 85.3 Å². The Morgan fingerprint density at radius 1 is 1.06 bits per heavy atom. The number of amides is 1. The van der Waals surface area contributed by atoms with Crippen molar-refractivity contribution >= 4 is 17.7 Å². The van der Waals surface area contributed by atoms with Crippen molar-refractivity contribution in [1.82, 2.24) is 0 Å². The van der Waals surface area contributed by atoms with Crippen LogP contribution >= 0.6 is 0 Å². The summed E-state index contributed by atoms with van der Waals surface area (Å²) in [5, 5.41) is 10.1. The van der Waals surface area contributed by atoms with Gasteiger partial charge < -0.3 is 14.6 Å². The molecule has 0 saturated heterocycles. The van der Waals surface area contributed by atoms with Gasteiger partial charge in [-0.15, -0.1) is 0 Å². The molecule has 1 amide bonds. The molecule has 0 saturated carbocycles. The molecule has 33 heavy (non-hydrogen) atoms. The summed E-state index contributed by atoms with van der Waals surface area (Å²) in [6.07, 6.45) is -6.55. The molecule has 1 N–H and O–H groups in total. The second-order valence-corrected chi connectivity index (χ2v) is 7.35. The lowest BCUT2D eigenvalue weighted by Crippen LogP contribution is -2.31. The number of carbonyl (C=O) groups excluding carboxylic acids is 1. The molecule has 2 aromatic carbocycles. The second kappa shape index (κ2) is 11.7. The van der Waals surface area contributed by atoms with E-state index >= 15 is 0 Å². The largest absolute Gasteiger partial charge is 0.479 e. The summed E-state index contributed by atoms with van der Waals surface area (Å²) in [6.45, 7) is 5.03. The highest BCUT2D eigenvalue weighted by atomic mass is 19.4. The van der Waals surface area contributed by atoms with Crippen molar-refractivity contribution in [3.63, 3.8) is 0 Å². The summed E-state index contributed by atoms with van der Waals surface area (Å²) in [5.74, 6) is -1.08. The molecule has 0 aliphatic carbocycles. The first-order valence-electron chi connectivity index (χ1n) is 10.2. The van der Waals surface area contributed by atoms with Gasteiger partial charge in [-0.3, -0.25) is 4.84 Å². The second-order valence-electron chi connectivity index (χ2n) is 7.35. The molecule has 2 rings (SSSR count). The average Bonchev–Trinajstić information content (AvgIpc) is 2.75. The molecule has 0 aliphatic rings. The molecule has 2 aromatic rings. The average molecular weight is 469 g/mol. The number of aliphatic carboxylic acids is 1. The summed E-state index contributed by atoms with van der Waals surface area (Å²) in [5.41, 5.74) is 0.507. The van der Waals surface area contributed by atoms with Crippen molar-refractivity contribution in [3.8, 4) is 0 Å². The van der Waals surface area contributed by atoms with Crippen LogP contribution in [0.4, 0.5) is 23.7 Å². The van der Waals surface area contributed by atoms with E-state index in [-0.39, 0.29) is 31.4 Å². The molecule has 1 unspecified atom stereocenters. The predicted molar refractivity (Wildman–Crippen MR) is 114 cm³/mol. The van der Waals surface area contributed by atoms with Gasteiger partial charge in [0.05, 0.1) is 24.0 Å². The van der Waals surface area contributed by atoms with E-state index < -0.39 is 29.9 Å². The number of nitrogens with zero attached hydrogens (tertiary/aromatic N) is 1. The van der Waals surface area contributed by atoms with Crippen LogP contribution < -0.4 is 5.06 Å². The molecule has 0 bridgehead atoms. The molecule has 0 spiro atoms. The molecule has 0 aromatic heterocycles. The van der Waals surface area contributed by atoms with Gasteiger partial charge in [-0.05, 0) is 56.2 Å². The third-order valence-corrected chi connectivity index (χ3v) is 4.34. The third-order valence-electron chi connectivity index (χ3n) is 4.34. The zero-order chi connectivity index (χ0) is 24.6. The minimum Gasteiger partial charge on any atom is -0.479 e. The van der Waals surface area contributed by atoms with Crippen LogP contribution in [0.1, 0.15) is 37.5 Å². The number of alkyl halides is 3. The molecule has 0 radical (unpaired) electrons. The Morgan fingerprint density at radius 2 is 1.70 bits per heavy atom. The minimum absolute atomic E-state index is 0.0814. The first-order valence-corrected chi connectivity index (χ1v) is 10.2. The molecule has 0 fully saturated rings. The summed E-state index contributed by atoms with van der Waals surface area (Å²) in [4.78, 5) is 29.2. The van der Waals surface area contributed by atoms with Crippen LogP contribution in [0.2, 0.25) is 0 Å². The summed E-state index contributed by atoms with van der Waals surface area (Å²) < 4.78 is 49.0. The zero-order valence-corrected chi connectivity index (χ0v) is 18.5. The molecule has 7 nitrogen and oxygen atoms in total. The number of hydrogen-bond donors (Lipinski definition) is 1. The monoisotopic (exact) mass is 469 g/mol. The maximum absolute atomic E-state index is 12.8. The molecular formula is C23H26F3NO6. The van der Waals surface area contributed by atoms with Crippen LogP contribution in [0.5, 0.6) is 0 Å². The normalized spacial score (nSPS) is 12.5. The quantitative estimate of drug-likeness (QED) is 0.480. The number of benzene rings is 2. The smallest absolute Gasteiger partial charge is 0.439 e. The molecule has 10 heteroatoms. The standard InChI is InChI=1S/C23H26F3NO6/c1-4-32-27(19-10-8-18(9-11-19)23(24,25)26)22(30)31-14-17-7-5-6-16(12-17)13-20(21(28)29)33-15(2)3/h5-12,15,20H,4,13-14H2,1-3H3,(H,28,29). The highest BCUT2D eigenvalue weighted by Crippen LogP contribution is 2.30. The highest BCUT2D eigenvalue weighted by Gasteiger charge is 2.30. The van der Waals surface area contributed by atoms with Gasteiger partial charge >= 0.3 is 18.2 Å². The number of anilines is 1. The van der Waals surface area contributed by atoms with Crippen molar-refractivity contribution in [2.24, 2.45) is 0 Å². The fourth-order valence-corrected chi connectivity index (χ4v) is 2.93. The maximum atomic E-state index is 12.8. The summed E-state index contributed by atoms with van der Waals surface area (Å²) in [7, 11) is 0. The maximum Gasteiger partial charge on any atom is 0.439 e. The Bertz CT molecular complexity index is 931. The lowest BCUT2D eigenvalue weighted by atomic mass is 10.0. The number of carbonyl (C=O) groups is 2. The Morgan fingerprint density at radius 3 is 2.24 bits per heavy atom. The molecule has 0 heterocycles. The van der Waals surface area contributed by atoms with E-state index in [0.717, 1.165) is 29.3 Å². The Kier molecular flexibility index (Phi) is 9.24. The van der Waals surface area contributed by atoms with Crippen LogP contribution in [0.25, 0.3) is 0 Å². The Hall–Kier alpha value is -3.11. The van der Waals surface area contributed by atoms with E-state index in [0.29, 0.717) is 11.1 Å². The van der Waals surface area contributed by atoms with E-state index in [1.54, 1.807) is 45.0 Å². The summed E-state index contributed by atoms with van der Waals surface area (Å²) in [6, 6.07) is 10.7. The van der Waals surface area contributed by atoms with E-state index in [4.69, 9.17) is 14.3 Å². The number of halogens is 3. The molecule has 180 valence electrons. The molecule has 0 aliphatic heterocycles. The number of hydrogen-bond acceptors (Lipinski definition) is 5. The van der Waals surface area contributed by atoms with E-state index in [9.17, 15) is 27.9 Å². The van der Waals surface area contributed by atoms with Gasteiger partial charge in [0.2, 0.25) is 0 Å². The van der Waals surface area contributed by atoms with Crippen LogP contribution in [0, 0.1) is 0 Å². The van der Waals surface area contributed by atoms with Crippen molar-refractivity contribution < 1.29 is 42.2 Å². The fraction of sp³-hybridized carbons (Fsp3) is 0.391. The lowest BCUT2D eigenvalue weighted by molar-refractivity contribution is -0.153. The van der Waals surface area contributed by atoms with Crippen LogP contribution in [-0.2, 0) is 38.3 Å². The van der Waals surface area contributed by atoms with Gasteiger partial charge in [0, 0.05) is 6.42 Å². The van der Waals surface area contributed by atoms with Crippen molar-refractivity contribution in [3.05, 3.63) is 65.2 Å². The Labute approximate surface area is 189 Å². The number of hydroxylamine groups is 1. The molecular weight excluding hydrogens is 443 g/mol. The van der Waals surface area contributed by atoms with Crippen LogP contribution in [-0.4, -0.2) is 36.0 Å².